The molecule has 0 spiro atoms. The first kappa shape index (κ1) is 11.9. The van der Waals surface area contributed by atoms with E-state index in [1.54, 1.807) is 17.0 Å². The Morgan fingerprint density at radius 2 is 2.12 bits per heavy atom. The van der Waals surface area contributed by atoms with Gasteiger partial charge < -0.3 is 4.74 Å². The van der Waals surface area contributed by atoms with Crippen molar-refractivity contribution in [3.05, 3.63) is 35.6 Å². The van der Waals surface area contributed by atoms with Crippen molar-refractivity contribution in [2.24, 2.45) is 0 Å². The Morgan fingerprint density at radius 1 is 1.41 bits per heavy atom. The second-order valence-electron chi connectivity index (χ2n) is 4.60. The van der Waals surface area contributed by atoms with E-state index in [0.29, 0.717) is 5.56 Å². The lowest BCUT2D eigenvalue weighted by Crippen LogP contribution is -2.37. The molecule has 1 heterocycles. The summed E-state index contributed by atoms with van der Waals surface area (Å²) < 4.78 is 18.5. The number of nitrogens with zero attached hydrogens (tertiary/aromatic N) is 1. The maximum absolute atomic E-state index is 13.1. The van der Waals surface area contributed by atoms with Crippen LogP contribution in [0, 0.1) is 5.82 Å². The van der Waals surface area contributed by atoms with Crippen LogP contribution in [0.3, 0.4) is 0 Å². The number of cyclic esters (lactones) is 1. The molecule has 0 unspecified atom stereocenters. The van der Waals surface area contributed by atoms with Crippen LogP contribution in [0.4, 0.5) is 9.18 Å². The number of halogens is 1. The van der Waals surface area contributed by atoms with Gasteiger partial charge in [-0.3, -0.25) is 4.90 Å². The summed E-state index contributed by atoms with van der Waals surface area (Å²) in [6.07, 6.45) is -0.720. The van der Waals surface area contributed by atoms with E-state index >= 15 is 0 Å². The Bertz CT molecular complexity index is 433. The van der Waals surface area contributed by atoms with E-state index in [2.05, 4.69) is 0 Å². The van der Waals surface area contributed by atoms with E-state index < -0.39 is 0 Å². The molecule has 0 bridgehead atoms. The largest absolute Gasteiger partial charge is 0.439 e. The lowest BCUT2D eigenvalue weighted by atomic mass is 10.0. The normalized spacial score (nSPS) is 24.3. The van der Waals surface area contributed by atoms with Crippen molar-refractivity contribution >= 4 is 6.09 Å². The fourth-order valence-electron chi connectivity index (χ4n) is 2.29. The molecule has 0 aliphatic carbocycles. The minimum absolute atomic E-state index is 0.0794. The maximum Gasteiger partial charge on any atom is 0.411 e. The summed E-state index contributed by atoms with van der Waals surface area (Å²) in [4.78, 5) is 13.4. The number of amides is 1. The third-order valence-electron chi connectivity index (χ3n) is 3.05. The molecule has 1 aromatic rings. The highest BCUT2D eigenvalue weighted by molar-refractivity contribution is 5.71. The van der Waals surface area contributed by atoms with Crippen molar-refractivity contribution in [3.8, 4) is 0 Å². The molecular weight excluding hydrogens is 221 g/mol. The van der Waals surface area contributed by atoms with Crippen LogP contribution in [0.25, 0.3) is 0 Å². The minimum Gasteiger partial charge on any atom is -0.439 e. The van der Waals surface area contributed by atoms with E-state index in [1.807, 2.05) is 20.8 Å². The number of ether oxygens (including phenoxy) is 1. The molecule has 3 nitrogen and oxygen atoms in total. The molecule has 0 radical (unpaired) electrons. The van der Waals surface area contributed by atoms with Crippen molar-refractivity contribution < 1.29 is 13.9 Å². The van der Waals surface area contributed by atoms with Crippen LogP contribution in [-0.2, 0) is 4.74 Å². The van der Waals surface area contributed by atoms with Crippen molar-refractivity contribution in [3.63, 3.8) is 0 Å². The number of hydrogen-bond acceptors (Lipinski definition) is 2. The summed E-state index contributed by atoms with van der Waals surface area (Å²) in [6.45, 7) is 5.79. The molecule has 1 aliphatic rings. The van der Waals surface area contributed by atoms with E-state index in [-0.39, 0.29) is 30.1 Å². The van der Waals surface area contributed by atoms with Crippen molar-refractivity contribution in [2.75, 3.05) is 0 Å². The second-order valence-corrected chi connectivity index (χ2v) is 4.60. The predicted molar refractivity (Wildman–Crippen MR) is 62.1 cm³/mol. The lowest BCUT2D eigenvalue weighted by molar-refractivity contribution is 0.128. The number of carbonyl (C=O) groups is 1. The van der Waals surface area contributed by atoms with Crippen LogP contribution < -0.4 is 0 Å². The van der Waals surface area contributed by atoms with Gasteiger partial charge in [0.2, 0.25) is 0 Å². The van der Waals surface area contributed by atoms with E-state index in [1.165, 1.54) is 12.1 Å². The molecule has 1 aromatic carbocycles. The molecule has 0 aromatic heterocycles. The van der Waals surface area contributed by atoms with Gasteiger partial charge in [-0.15, -0.1) is 0 Å². The van der Waals surface area contributed by atoms with Crippen LogP contribution >= 0.6 is 0 Å². The molecule has 1 saturated heterocycles. The Morgan fingerprint density at radius 3 is 2.65 bits per heavy atom. The maximum atomic E-state index is 13.1. The Kier molecular flexibility index (Phi) is 3.05. The fourth-order valence-corrected chi connectivity index (χ4v) is 2.29. The third kappa shape index (κ3) is 2.12. The zero-order chi connectivity index (χ0) is 12.6. The highest BCUT2D eigenvalue weighted by Crippen LogP contribution is 2.33. The number of rotatable bonds is 2. The van der Waals surface area contributed by atoms with Crippen molar-refractivity contribution in [1.82, 2.24) is 4.90 Å². The van der Waals surface area contributed by atoms with Gasteiger partial charge in [-0.05, 0) is 38.5 Å². The van der Waals surface area contributed by atoms with Crippen molar-refractivity contribution in [1.29, 1.82) is 0 Å². The quantitative estimate of drug-likeness (QED) is 0.791. The molecule has 2 rings (SSSR count). The van der Waals surface area contributed by atoms with Crippen LogP contribution in [0.2, 0.25) is 0 Å². The number of benzene rings is 1. The molecule has 0 N–H and O–H groups in total. The van der Waals surface area contributed by atoms with Gasteiger partial charge in [0, 0.05) is 6.04 Å². The smallest absolute Gasteiger partial charge is 0.411 e. The second kappa shape index (κ2) is 4.35. The van der Waals surface area contributed by atoms with Crippen LogP contribution in [0.1, 0.15) is 32.4 Å². The number of carbonyl (C=O) groups excluding carboxylic acids is 1. The van der Waals surface area contributed by atoms with Gasteiger partial charge in [-0.2, -0.15) is 0 Å². The number of hydrogen-bond donors (Lipinski definition) is 0. The van der Waals surface area contributed by atoms with Gasteiger partial charge >= 0.3 is 6.09 Å². The summed E-state index contributed by atoms with van der Waals surface area (Å²) >= 11 is 0. The SMILES string of the molecule is CC(C)N1C(=O)O[C@H](c2cccc(F)c2)[C@@H]1C. The average molecular weight is 237 g/mol. The summed E-state index contributed by atoms with van der Waals surface area (Å²) in [5.74, 6) is -0.311. The monoisotopic (exact) mass is 237 g/mol. The van der Waals surface area contributed by atoms with Gasteiger partial charge in [-0.25, -0.2) is 9.18 Å². The minimum atomic E-state index is -0.388. The summed E-state index contributed by atoms with van der Waals surface area (Å²) in [5.41, 5.74) is 0.703. The van der Waals surface area contributed by atoms with E-state index in [0.717, 1.165) is 0 Å². The first-order chi connectivity index (χ1) is 8.00. The highest BCUT2D eigenvalue weighted by atomic mass is 19.1. The topological polar surface area (TPSA) is 29.5 Å². The Labute approximate surface area is 100 Å². The lowest BCUT2D eigenvalue weighted by Gasteiger charge is -2.24. The zero-order valence-electron chi connectivity index (χ0n) is 10.2. The van der Waals surface area contributed by atoms with Gasteiger partial charge in [0.25, 0.3) is 0 Å². The van der Waals surface area contributed by atoms with Crippen LogP contribution in [0.15, 0.2) is 24.3 Å². The van der Waals surface area contributed by atoms with E-state index in [9.17, 15) is 9.18 Å². The van der Waals surface area contributed by atoms with Crippen LogP contribution in [-0.4, -0.2) is 23.1 Å². The Hall–Kier alpha value is -1.58. The van der Waals surface area contributed by atoms with Gasteiger partial charge in [-0.1, -0.05) is 12.1 Å². The molecule has 92 valence electrons. The third-order valence-corrected chi connectivity index (χ3v) is 3.05. The van der Waals surface area contributed by atoms with Gasteiger partial charge in [0.1, 0.15) is 11.9 Å². The highest BCUT2D eigenvalue weighted by Gasteiger charge is 2.40. The Balaban J connectivity index is 2.27. The summed E-state index contributed by atoms with van der Waals surface area (Å²) in [5, 5.41) is 0. The van der Waals surface area contributed by atoms with Gasteiger partial charge in [0.05, 0.1) is 6.04 Å². The zero-order valence-corrected chi connectivity index (χ0v) is 10.2. The molecule has 1 amide bonds. The molecule has 1 fully saturated rings. The molecule has 4 heteroatoms. The molecular formula is C13H16FNO2. The first-order valence-corrected chi connectivity index (χ1v) is 5.75. The average Bonchev–Trinajstić information content (AvgIpc) is 2.54. The molecule has 2 atom stereocenters. The fraction of sp³-hybridized carbons (Fsp3) is 0.462. The standard InChI is InChI=1S/C13H16FNO2/c1-8(2)15-9(3)12(17-13(15)16)10-5-4-6-11(14)7-10/h4-9,12H,1-3H3/t9-,12-/m0/s1. The summed E-state index contributed by atoms with van der Waals surface area (Å²) in [6, 6.07) is 6.20. The van der Waals surface area contributed by atoms with Crippen LogP contribution in [0.5, 0.6) is 0 Å². The summed E-state index contributed by atoms with van der Waals surface area (Å²) in [7, 11) is 0. The van der Waals surface area contributed by atoms with Gasteiger partial charge in [0.15, 0.2) is 0 Å². The van der Waals surface area contributed by atoms with E-state index in [4.69, 9.17) is 4.74 Å². The van der Waals surface area contributed by atoms with Crippen molar-refractivity contribution in [2.45, 2.75) is 39.0 Å². The first-order valence-electron chi connectivity index (χ1n) is 5.75. The molecule has 0 saturated carbocycles. The molecule has 17 heavy (non-hydrogen) atoms. The molecule has 1 aliphatic heterocycles. The predicted octanol–water partition coefficient (Wildman–Crippen LogP) is 3.12.